The first kappa shape index (κ1) is 16.4. The maximum atomic E-state index is 13.0. The second kappa shape index (κ2) is 7.90. The van der Waals surface area contributed by atoms with Gasteiger partial charge in [0.1, 0.15) is 24.2 Å². The molecule has 128 valence electrons. The fourth-order valence-electron chi connectivity index (χ4n) is 2.93. The quantitative estimate of drug-likeness (QED) is 0.762. The molecule has 1 aromatic heterocycles. The second-order valence-corrected chi connectivity index (χ2v) is 5.92. The Bertz CT molecular complexity index is 662. The van der Waals surface area contributed by atoms with Crippen molar-refractivity contribution in [3.63, 3.8) is 0 Å². The van der Waals surface area contributed by atoms with Crippen molar-refractivity contribution in [3.8, 4) is 5.75 Å². The predicted molar refractivity (Wildman–Crippen MR) is 86.0 cm³/mol. The molecule has 3 rings (SSSR count). The summed E-state index contributed by atoms with van der Waals surface area (Å²) in [6.07, 6.45) is 6.24. The van der Waals surface area contributed by atoms with E-state index in [1.165, 1.54) is 18.5 Å². The van der Waals surface area contributed by atoms with E-state index in [2.05, 4.69) is 10.1 Å². The first-order chi connectivity index (χ1) is 11.7. The molecule has 7 heteroatoms. The molecule has 1 atom stereocenters. The standard InChI is InChI=1S/C17H21FN4O2/c18-14-4-1-6-16(10-14)24-9-3-7-17(23)21-8-2-5-15(11-21)22-13-19-12-20-22/h1,4,6,10,12-13,15H,2-3,5,7-9,11H2/t15-/m0/s1. The monoisotopic (exact) mass is 332 g/mol. The number of carbonyl (C=O) groups is 1. The van der Waals surface area contributed by atoms with Crippen molar-refractivity contribution in [2.24, 2.45) is 0 Å². The van der Waals surface area contributed by atoms with Gasteiger partial charge in [-0.15, -0.1) is 0 Å². The number of amides is 1. The van der Waals surface area contributed by atoms with Crippen LogP contribution in [0, 0.1) is 5.82 Å². The summed E-state index contributed by atoms with van der Waals surface area (Å²) in [7, 11) is 0. The van der Waals surface area contributed by atoms with Crippen LogP contribution in [0.25, 0.3) is 0 Å². The predicted octanol–water partition coefficient (Wildman–Crippen LogP) is 2.44. The molecule has 1 fully saturated rings. The number of rotatable bonds is 6. The third-order valence-corrected chi connectivity index (χ3v) is 4.16. The molecule has 1 aliphatic heterocycles. The molecule has 6 nitrogen and oxygen atoms in total. The highest BCUT2D eigenvalue weighted by Gasteiger charge is 2.24. The van der Waals surface area contributed by atoms with E-state index in [1.807, 2.05) is 9.58 Å². The molecule has 0 aliphatic carbocycles. The number of halogens is 1. The van der Waals surface area contributed by atoms with Crippen LogP contribution in [0.1, 0.15) is 31.7 Å². The zero-order chi connectivity index (χ0) is 16.8. The Hall–Kier alpha value is -2.44. The van der Waals surface area contributed by atoms with E-state index in [4.69, 9.17) is 4.74 Å². The largest absolute Gasteiger partial charge is 0.493 e. The lowest BCUT2D eigenvalue weighted by Gasteiger charge is -2.32. The maximum Gasteiger partial charge on any atom is 0.222 e. The molecule has 1 aromatic carbocycles. The highest BCUT2D eigenvalue weighted by molar-refractivity contribution is 5.76. The topological polar surface area (TPSA) is 60.2 Å². The number of nitrogens with zero attached hydrogens (tertiary/aromatic N) is 4. The number of hydrogen-bond donors (Lipinski definition) is 0. The Morgan fingerprint density at radius 3 is 3.12 bits per heavy atom. The van der Waals surface area contributed by atoms with Gasteiger partial charge in [0.2, 0.25) is 5.91 Å². The Morgan fingerprint density at radius 1 is 1.42 bits per heavy atom. The summed E-state index contributed by atoms with van der Waals surface area (Å²) in [4.78, 5) is 18.2. The summed E-state index contributed by atoms with van der Waals surface area (Å²) in [5.74, 6) is 0.297. The number of piperidine rings is 1. The molecule has 0 bridgehead atoms. The van der Waals surface area contributed by atoms with Crippen LogP contribution in [0.5, 0.6) is 5.75 Å². The minimum absolute atomic E-state index is 0.127. The van der Waals surface area contributed by atoms with E-state index in [9.17, 15) is 9.18 Å². The van der Waals surface area contributed by atoms with E-state index in [-0.39, 0.29) is 17.8 Å². The van der Waals surface area contributed by atoms with Crippen molar-refractivity contribution >= 4 is 5.91 Å². The highest BCUT2D eigenvalue weighted by Crippen LogP contribution is 2.21. The van der Waals surface area contributed by atoms with E-state index < -0.39 is 0 Å². The molecule has 2 heterocycles. The minimum atomic E-state index is -0.323. The van der Waals surface area contributed by atoms with E-state index >= 15 is 0 Å². The summed E-state index contributed by atoms with van der Waals surface area (Å²) in [5.41, 5.74) is 0. The van der Waals surface area contributed by atoms with Crippen LogP contribution in [0.15, 0.2) is 36.9 Å². The second-order valence-electron chi connectivity index (χ2n) is 5.92. The summed E-state index contributed by atoms with van der Waals surface area (Å²) < 4.78 is 20.3. The van der Waals surface area contributed by atoms with Crippen LogP contribution in [-0.2, 0) is 4.79 Å². The first-order valence-electron chi connectivity index (χ1n) is 8.22. The smallest absolute Gasteiger partial charge is 0.222 e. The van der Waals surface area contributed by atoms with Gasteiger partial charge in [0.25, 0.3) is 0 Å². The number of hydrogen-bond acceptors (Lipinski definition) is 4. The molecular formula is C17H21FN4O2. The third-order valence-electron chi connectivity index (χ3n) is 4.16. The first-order valence-corrected chi connectivity index (χ1v) is 8.22. The van der Waals surface area contributed by atoms with Crippen molar-refractivity contribution in [2.75, 3.05) is 19.7 Å². The van der Waals surface area contributed by atoms with Crippen LogP contribution in [-0.4, -0.2) is 45.3 Å². The average Bonchev–Trinajstić information content (AvgIpc) is 3.13. The van der Waals surface area contributed by atoms with Gasteiger partial charge >= 0.3 is 0 Å². The van der Waals surface area contributed by atoms with Gasteiger partial charge in [-0.2, -0.15) is 5.10 Å². The van der Waals surface area contributed by atoms with Crippen LogP contribution in [0.4, 0.5) is 4.39 Å². The molecule has 1 aliphatic rings. The molecule has 0 unspecified atom stereocenters. The summed E-state index contributed by atoms with van der Waals surface area (Å²) in [6, 6.07) is 6.23. The molecule has 0 saturated carbocycles. The number of ether oxygens (including phenoxy) is 1. The van der Waals surface area contributed by atoms with Crippen LogP contribution in [0.2, 0.25) is 0 Å². The Kier molecular flexibility index (Phi) is 5.40. The van der Waals surface area contributed by atoms with Crippen molar-refractivity contribution < 1.29 is 13.9 Å². The van der Waals surface area contributed by atoms with Gasteiger partial charge in [0.15, 0.2) is 0 Å². The third kappa shape index (κ3) is 4.31. The lowest BCUT2D eigenvalue weighted by molar-refractivity contribution is -0.133. The fourth-order valence-corrected chi connectivity index (χ4v) is 2.93. The summed E-state index contributed by atoms with van der Waals surface area (Å²) in [5, 5.41) is 4.17. The zero-order valence-corrected chi connectivity index (χ0v) is 13.5. The molecular weight excluding hydrogens is 311 g/mol. The Labute approximate surface area is 140 Å². The van der Waals surface area contributed by atoms with Crippen LogP contribution in [0.3, 0.4) is 0 Å². The SMILES string of the molecule is O=C(CCCOc1cccc(F)c1)N1CCC[C@H](n2cncn2)C1. The molecule has 24 heavy (non-hydrogen) atoms. The van der Waals surface area contributed by atoms with E-state index in [0.29, 0.717) is 31.7 Å². The Balaban J connectivity index is 1.41. The zero-order valence-electron chi connectivity index (χ0n) is 13.5. The number of benzene rings is 1. The van der Waals surface area contributed by atoms with E-state index in [0.717, 1.165) is 19.4 Å². The van der Waals surface area contributed by atoms with Crippen molar-refractivity contribution in [2.45, 2.75) is 31.7 Å². The molecule has 0 N–H and O–H groups in total. The maximum absolute atomic E-state index is 13.0. The van der Waals surface area contributed by atoms with Gasteiger partial charge in [-0.3, -0.25) is 4.79 Å². The number of likely N-dealkylation sites (tertiary alicyclic amines) is 1. The molecule has 2 aromatic rings. The normalized spacial score (nSPS) is 17.7. The molecule has 0 spiro atoms. The van der Waals surface area contributed by atoms with E-state index in [1.54, 1.807) is 18.5 Å². The summed E-state index contributed by atoms with van der Waals surface area (Å²) >= 11 is 0. The van der Waals surface area contributed by atoms with Gasteiger partial charge < -0.3 is 9.64 Å². The van der Waals surface area contributed by atoms with Gasteiger partial charge in [-0.05, 0) is 31.4 Å². The number of aromatic nitrogens is 3. The highest BCUT2D eigenvalue weighted by atomic mass is 19.1. The van der Waals surface area contributed by atoms with Crippen LogP contribution < -0.4 is 4.74 Å². The fraction of sp³-hybridized carbons (Fsp3) is 0.471. The van der Waals surface area contributed by atoms with Gasteiger partial charge in [0, 0.05) is 25.6 Å². The van der Waals surface area contributed by atoms with Gasteiger partial charge in [-0.25, -0.2) is 14.1 Å². The molecule has 0 radical (unpaired) electrons. The van der Waals surface area contributed by atoms with Crippen molar-refractivity contribution in [3.05, 3.63) is 42.7 Å². The lowest BCUT2D eigenvalue weighted by Crippen LogP contribution is -2.40. The Morgan fingerprint density at radius 2 is 2.33 bits per heavy atom. The molecule has 1 amide bonds. The van der Waals surface area contributed by atoms with Crippen LogP contribution >= 0.6 is 0 Å². The minimum Gasteiger partial charge on any atom is -0.493 e. The lowest BCUT2D eigenvalue weighted by atomic mass is 10.1. The van der Waals surface area contributed by atoms with Gasteiger partial charge in [0.05, 0.1) is 12.6 Å². The molecule has 1 saturated heterocycles. The van der Waals surface area contributed by atoms with Gasteiger partial charge in [-0.1, -0.05) is 6.07 Å². The summed E-state index contributed by atoms with van der Waals surface area (Å²) in [6.45, 7) is 1.86. The average molecular weight is 332 g/mol. The van der Waals surface area contributed by atoms with Crippen molar-refractivity contribution in [1.82, 2.24) is 19.7 Å². The number of carbonyl (C=O) groups excluding carboxylic acids is 1. The van der Waals surface area contributed by atoms with Crippen molar-refractivity contribution in [1.29, 1.82) is 0 Å².